The maximum Gasteiger partial charge on any atom is 0.427 e. The molecule has 3 aromatic rings. The Hall–Kier alpha value is -2.71. The van der Waals surface area contributed by atoms with Gasteiger partial charge in [-0.15, -0.1) is 5.48 Å². The van der Waals surface area contributed by atoms with Crippen molar-refractivity contribution in [1.29, 1.82) is 0 Å². The predicted octanol–water partition coefficient (Wildman–Crippen LogP) is 5.41. The van der Waals surface area contributed by atoms with Crippen LogP contribution in [0.2, 0.25) is 5.02 Å². The van der Waals surface area contributed by atoms with E-state index in [4.69, 9.17) is 26.4 Å². The lowest BCUT2D eigenvalue weighted by atomic mass is 9.83. The minimum absolute atomic E-state index is 0.447. The van der Waals surface area contributed by atoms with Gasteiger partial charge in [0.15, 0.2) is 12.0 Å². The summed E-state index contributed by atoms with van der Waals surface area (Å²) in [7, 11) is 0. The first-order valence-electron chi connectivity index (χ1n) is 12.1. The smallest absolute Gasteiger partial charge is 0.351 e. The van der Waals surface area contributed by atoms with Crippen LogP contribution >= 0.6 is 11.6 Å². The van der Waals surface area contributed by atoms with E-state index in [9.17, 15) is 4.79 Å². The van der Waals surface area contributed by atoms with Crippen molar-refractivity contribution in [1.82, 2.24) is 30.3 Å². The average molecular weight is 483 g/mol. The van der Waals surface area contributed by atoms with Gasteiger partial charge in [-0.3, -0.25) is 10.3 Å². The van der Waals surface area contributed by atoms with Crippen LogP contribution in [-0.2, 0) is 17.8 Å². The van der Waals surface area contributed by atoms with Crippen LogP contribution in [0.1, 0.15) is 64.0 Å². The molecule has 0 radical (unpaired) electrons. The molecule has 1 saturated carbocycles. The molecule has 4 heterocycles. The first-order valence-corrected chi connectivity index (χ1v) is 12.5. The van der Waals surface area contributed by atoms with Crippen molar-refractivity contribution >= 4 is 28.7 Å². The molecule has 1 aliphatic heterocycles. The second-order valence-corrected chi connectivity index (χ2v) is 10.6. The number of hydrogen-bond donors (Lipinski definition) is 2. The Morgan fingerprint density at radius 3 is 2.68 bits per heavy atom. The lowest BCUT2D eigenvalue weighted by molar-refractivity contribution is 0.120. The van der Waals surface area contributed by atoms with E-state index >= 15 is 0 Å². The molecule has 2 N–H and O–H groups in total. The molecule has 9 heteroatoms. The standard InChI is InChI=1S/C25H31ClN6O2/c1-14(2)8-18-13-32(12-16-6-4-15(3)5-7-16)22-20(17-9-19(26)11-27-10-17)28-23(29-21(18)22)24-30-25(33)34-31-24/h9-11,13-16,24,31H,4-8,12H2,1-3H3,(H,30,33). The molecule has 0 spiro atoms. The van der Waals surface area contributed by atoms with Crippen molar-refractivity contribution in [3.8, 4) is 11.3 Å². The minimum Gasteiger partial charge on any atom is -0.351 e. The lowest BCUT2D eigenvalue weighted by Crippen LogP contribution is -2.25. The molecule has 180 valence electrons. The lowest BCUT2D eigenvalue weighted by Gasteiger charge is -2.27. The zero-order valence-electron chi connectivity index (χ0n) is 19.8. The van der Waals surface area contributed by atoms with Gasteiger partial charge >= 0.3 is 6.09 Å². The SMILES string of the molecule is CC(C)Cc1cn(CC2CCC(C)CC2)c2c(-c3cncc(Cl)c3)nc(C3NOC(=O)N3)nc12. The van der Waals surface area contributed by atoms with Crippen LogP contribution in [0.3, 0.4) is 0 Å². The number of carbonyl (C=O) groups is 1. The van der Waals surface area contributed by atoms with E-state index < -0.39 is 12.3 Å². The van der Waals surface area contributed by atoms with Crippen molar-refractivity contribution in [3.05, 3.63) is 41.1 Å². The number of nitrogens with zero attached hydrogens (tertiary/aromatic N) is 4. The Labute approximate surface area is 204 Å². The van der Waals surface area contributed by atoms with Gasteiger partial charge in [-0.25, -0.2) is 14.8 Å². The normalized spacial score (nSPS) is 22.9. The summed E-state index contributed by atoms with van der Waals surface area (Å²) < 4.78 is 2.34. The summed E-state index contributed by atoms with van der Waals surface area (Å²) in [6.45, 7) is 7.71. The molecular formula is C25H31ClN6O2. The van der Waals surface area contributed by atoms with E-state index in [1.807, 2.05) is 6.07 Å². The van der Waals surface area contributed by atoms with Crippen LogP contribution in [0.5, 0.6) is 0 Å². The minimum atomic E-state index is -0.627. The van der Waals surface area contributed by atoms with E-state index in [1.165, 1.54) is 31.2 Å². The Kier molecular flexibility index (Phi) is 6.44. The third kappa shape index (κ3) is 4.74. The molecule has 0 bridgehead atoms. The summed E-state index contributed by atoms with van der Waals surface area (Å²) in [4.78, 5) is 30.7. The highest BCUT2D eigenvalue weighted by Gasteiger charge is 2.29. The van der Waals surface area contributed by atoms with Gasteiger partial charge in [0.25, 0.3) is 0 Å². The van der Waals surface area contributed by atoms with Crippen LogP contribution in [0.4, 0.5) is 4.79 Å². The number of carbonyl (C=O) groups excluding carboxylic acids is 1. The number of halogens is 1. The monoisotopic (exact) mass is 482 g/mol. The number of aromatic nitrogens is 4. The summed E-state index contributed by atoms with van der Waals surface area (Å²) in [5.41, 5.74) is 7.34. The number of fused-ring (bicyclic) bond motifs is 1. The number of amides is 1. The molecule has 2 aliphatic rings. The maximum absolute atomic E-state index is 11.7. The van der Waals surface area contributed by atoms with Crippen LogP contribution < -0.4 is 10.8 Å². The molecular weight excluding hydrogens is 452 g/mol. The topological polar surface area (TPSA) is 94.0 Å². The highest BCUT2D eigenvalue weighted by Crippen LogP contribution is 2.35. The van der Waals surface area contributed by atoms with Gasteiger partial charge in [-0.05, 0) is 48.6 Å². The predicted molar refractivity (Wildman–Crippen MR) is 131 cm³/mol. The second-order valence-electron chi connectivity index (χ2n) is 10.1. The number of pyridine rings is 1. The van der Waals surface area contributed by atoms with Gasteiger partial charge in [0.2, 0.25) is 0 Å². The van der Waals surface area contributed by atoms with Crippen molar-refractivity contribution in [2.45, 2.75) is 65.6 Å². The molecule has 1 aliphatic carbocycles. The molecule has 1 amide bonds. The average Bonchev–Trinajstić information content (AvgIpc) is 3.38. The first-order chi connectivity index (χ1) is 16.4. The molecule has 3 aromatic heterocycles. The maximum atomic E-state index is 11.7. The zero-order chi connectivity index (χ0) is 23.8. The van der Waals surface area contributed by atoms with Crippen molar-refractivity contribution in [2.24, 2.45) is 17.8 Å². The highest BCUT2D eigenvalue weighted by atomic mass is 35.5. The molecule has 5 rings (SSSR count). The van der Waals surface area contributed by atoms with Gasteiger partial charge in [0.05, 0.1) is 16.1 Å². The fourth-order valence-electron chi connectivity index (χ4n) is 5.08. The van der Waals surface area contributed by atoms with Crippen LogP contribution in [-0.4, -0.2) is 25.6 Å². The fourth-order valence-corrected chi connectivity index (χ4v) is 5.26. The van der Waals surface area contributed by atoms with Gasteiger partial charge in [0, 0.05) is 30.7 Å². The van der Waals surface area contributed by atoms with E-state index in [0.717, 1.165) is 41.2 Å². The van der Waals surface area contributed by atoms with E-state index in [-0.39, 0.29) is 0 Å². The van der Waals surface area contributed by atoms with E-state index in [2.05, 4.69) is 47.3 Å². The molecule has 1 unspecified atom stereocenters. The van der Waals surface area contributed by atoms with Gasteiger partial charge in [0.1, 0.15) is 5.69 Å². The summed E-state index contributed by atoms with van der Waals surface area (Å²) in [6, 6.07) is 1.87. The Balaban J connectivity index is 1.67. The van der Waals surface area contributed by atoms with Gasteiger partial charge < -0.3 is 9.40 Å². The number of hydrogen-bond acceptors (Lipinski definition) is 6. The number of hydroxylamine groups is 1. The largest absolute Gasteiger partial charge is 0.427 e. The number of nitrogens with one attached hydrogen (secondary N) is 2. The van der Waals surface area contributed by atoms with E-state index in [0.29, 0.717) is 22.7 Å². The number of rotatable bonds is 6. The van der Waals surface area contributed by atoms with Gasteiger partial charge in [-0.1, -0.05) is 45.2 Å². The second kappa shape index (κ2) is 9.50. The summed E-state index contributed by atoms with van der Waals surface area (Å²) in [5.74, 6) is 2.36. The molecule has 8 nitrogen and oxygen atoms in total. The molecule has 2 fully saturated rings. The Bertz CT molecular complexity index is 1200. The third-order valence-electron chi connectivity index (χ3n) is 6.79. The van der Waals surface area contributed by atoms with Crippen LogP contribution in [0.15, 0.2) is 24.7 Å². The highest BCUT2D eigenvalue weighted by molar-refractivity contribution is 6.30. The fraction of sp³-hybridized carbons (Fsp3) is 0.520. The first kappa shape index (κ1) is 23.1. The van der Waals surface area contributed by atoms with Crippen molar-refractivity contribution in [2.75, 3.05) is 0 Å². The summed E-state index contributed by atoms with van der Waals surface area (Å²) in [6.07, 6.45) is 10.4. The van der Waals surface area contributed by atoms with Gasteiger partial charge in [-0.2, -0.15) is 0 Å². The Morgan fingerprint density at radius 2 is 2.00 bits per heavy atom. The zero-order valence-corrected chi connectivity index (χ0v) is 20.6. The summed E-state index contributed by atoms with van der Waals surface area (Å²) in [5, 5.41) is 3.26. The molecule has 1 saturated heterocycles. The molecule has 1 atom stereocenters. The van der Waals surface area contributed by atoms with Crippen LogP contribution in [0, 0.1) is 17.8 Å². The third-order valence-corrected chi connectivity index (χ3v) is 7.00. The molecule has 34 heavy (non-hydrogen) atoms. The van der Waals surface area contributed by atoms with Crippen molar-refractivity contribution < 1.29 is 9.63 Å². The molecule has 0 aromatic carbocycles. The summed E-state index contributed by atoms with van der Waals surface area (Å²) >= 11 is 6.31. The quantitative estimate of drug-likeness (QED) is 0.487. The Morgan fingerprint density at radius 1 is 1.21 bits per heavy atom. The van der Waals surface area contributed by atoms with E-state index in [1.54, 1.807) is 12.4 Å². The van der Waals surface area contributed by atoms with Crippen LogP contribution in [0.25, 0.3) is 22.3 Å². The van der Waals surface area contributed by atoms with Crippen molar-refractivity contribution in [3.63, 3.8) is 0 Å².